The van der Waals surface area contributed by atoms with Gasteiger partial charge in [-0.05, 0) is 25.7 Å². The van der Waals surface area contributed by atoms with Gasteiger partial charge in [0.1, 0.15) is 6.04 Å². The highest BCUT2D eigenvalue weighted by atomic mass is 32.1. The van der Waals surface area contributed by atoms with Crippen molar-refractivity contribution < 1.29 is 9.59 Å². The summed E-state index contributed by atoms with van der Waals surface area (Å²) in [5.74, 6) is 0.595. The maximum Gasteiger partial charge on any atom is 0.243 e. The molecule has 4 nitrogen and oxygen atoms in total. The van der Waals surface area contributed by atoms with Crippen LogP contribution in [0.3, 0.4) is 0 Å². The van der Waals surface area contributed by atoms with E-state index in [9.17, 15) is 9.59 Å². The highest BCUT2D eigenvalue weighted by Gasteiger charge is 2.30. The van der Waals surface area contributed by atoms with Gasteiger partial charge in [0.2, 0.25) is 11.8 Å². The molecule has 0 saturated heterocycles. The van der Waals surface area contributed by atoms with Gasteiger partial charge in [-0.15, -0.1) is 0 Å². The van der Waals surface area contributed by atoms with Gasteiger partial charge in [-0.3, -0.25) is 9.59 Å². The van der Waals surface area contributed by atoms with Crippen LogP contribution in [0.25, 0.3) is 0 Å². The number of carbonyl (C=O) groups is 2. The highest BCUT2D eigenvalue weighted by molar-refractivity contribution is 7.80. The predicted molar refractivity (Wildman–Crippen MR) is 61.8 cm³/mol. The number of thiol groups is 1. The molecule has 0 heterocycles. The van der Waals surface area contributed by atoms with Gasteiger partial charge >= 0.3 is 0 Å². The fourth-order valence-electron chi connectivity index (χ4n) is 1.48. The summed E-state index contributed by atoms with van der Waals surface area (Å²) in [6.07, 6.45) is 2.38. The van der Waals surface area contributed by atoms with E-state index in [0.29, 0.717) is 11.7 Å². The van der Waals surface area contributed by atoms with E-state index in [4.69, 9.17) is 0 Å². The Morgan fingerprint density at radius 2 is 2.00 bits per heavy atom. The van der Waals surface area contributed by atoms with E-state index in [0.717, 1.165) is 0 Å². The summed E-state index contributed by atoms with van der Waals surface area (Å²) in [5, 5.41) is 5.46. The number of nitrogens with one attached hydrogen (secondary N) is 2. The van der Waals surface area contributed by atoms with Crippen LogP contribution in [-0.2, 0) is 9.59 Å². The van der Waals surface area contributed by atoms with E-state index in [1.54, 1.807) is 0 Å². The minimum Gasteiger partial charge on any atom is -0.352 e. The van der Waals surface area contributed by atoms with Crippen molar-refractivity contribution in [2.24, 2.45) is 5.92 Å². The minimum absolute atomic E-state index is 0.139. The number of hydrogen-bond donors (Lipinski definition) is 3. The summed E-state index contributed by atoms with van der Waals surface area (Å²) >= 11 is 4.04. The summed E-state index contributed by atoms with van der Waals surface area (Å²) < 4.78 is 0. The largest absolute Gasteiger partial charge is 0.352 e. The van der Waals surface area contributed by atoms with Gasteiger partial charge in [-0.25, -0.2) is 0 Å². The standard InChI is InChI=1S/C10H18N2O2S/c1-6(8-3-4-8)11-10(14)9(5-15)12-7(2)13/h6,8-9,15H,3-5H2,1-2H3,(H,11,14)(H,12,13). The van der Waals surface area contributed by atoms with Gasteiger partial charge in [-0.2, -0.15) is 12.6 Å². The molecule has 1 aliphatic carbocycles. The Kier molecular flexibility index (Phi) is 4.45. The molecule has 2 N–H and O–H groups in total. The number of amides is 2. The zero-order chi connectivity index (χ0) is 11.4. The maximum absolute atomic E-state index is 11.7. The van der Waals surface area contributed by atoms with Gasteiger partial charge in [0, 0.05) is 18.7 Å². The summed E-state index contributed by atoms with van der Waals surface area (Å²) in [6.45, 7) is 3.40. The van der Waals surface area contributed by atoms with Crippen molar-refractivity contribution in [2.75, 3.05) is 5.75 Å². The molecule has 2 unspecified atom stereocenters. The third kappa shape index (κ3) is 4.11. The lowest BCUT2D eigenvalue weighted by Crippen LogP contribution is -2.50. The third-order valence-corrected chi connectivity index (χ3v) is 2.94. The summed E-state index contributed by atoms with van der Waals surface area (Å²) in [7, 11) is 0. The van der Waals surface area contributed by atoms with Crippen molar-refractivity contribution in [2.45, 2.75) is 38.8 Å². The quantitative estimate of drug-likeness (QED) is 0.596. The van der Waals surface area contributed by atoms with Crippen molar-refractivity contribution in [1.82, 2.24) is 10.6 Å². The molecule has 0 aliphatic heterocycles. The van der Waals surface area contributed by atoms with E-state index in [-0.39, 0.29) is 17.9 Å². The summed E-state index contributed by atoms with van der Waals surface area (Å²) in [6, 6.07) is -0.319. The van der Waals surface area contributed by atoms with Crippen LogP contribution in [0.1, 0.15) is 26.7 Å². The minimum atomic E-state index is -0.521. The van der Waals surface area contributed by atoms with Crippen LogP contribution >= 0.6 is 12.6 Å². The van der Waals surface area contributed by atoms with E-state index in [2.05, 4.69) is 23.3 Å². The number of hydrogen-bond acceptors (Lipinski definition) is 3. The summed E-state index contributed by atoms with van der Waals surface area (Å²) in [5.41, 5.74) is 0. The van der Waals surface area contributed by atoms with Crippen LogP contribution in [0.15, 0.2) is 0 Å². The molecule has 1 rings (SSSR count). The molecular weight excluding hydrogens is 212 g/mol. The molecule has 0 radical (unpaired) electrons. The predicted octanol–water partition coefficient (Wildman–Crippen LogP) is 0.336. The van der Waals surface area contributed by atoms with Crippen molar-refractivity contribution in [3.63, 3.8) is 0 Å². The van der Waals surface area contributed by atoms with E-state index in [1.165, 1.54) is 19.8 Å². The molecule has 0 aromatic heterocycles. The Labute approximate surface area is 95.6 Å². The normalized spacial score (nSPS) is 19.1. The van der Waals surface area contributed by atoms with Crippen LogP contribution in [0.4, 0.5) is 0 Å². The Morgan fingerprint density at radius 1 is 1.40 bits per heavy atom. The van der Waals surface area contributed by atoms with Crippen LogP contribution in [-0.4, -0.2) is 29.7 Å². The first-order valence-electron chi connectivity index (χ1n) is 5.23. The Morgan fingerprint density at radius 3 is 2.40 bits per heavy atom. The molecule has 0 aromatic carbocycles. The average molecular weight is 230 g/mol. The zero-order valence-corrected chi connectivity index (χ0v) is 10.0. The lowest BCUT2D eigenvalue weighted by atomic mass is 10.2. The molecular formula is C10H18N2O2S. The van der Waals surface area contributed by atoms with E-state index < -0.39 is 6.04 Å². The second kappa shape index (κ2) is 5.39. The molecule has 0 spiro atoms. The van der Waals surface area contributed by atoms with Gasteiger partial charge < -0.3 is 10.6 Å². The Hall–Kier alpha value is -0.710. The molecule has 86 valence electrons. The van der Waals surface area contributed by atoms with E-state index >= 15 is 0 Å². The Bertz CT molecular complexity index is 254. The van der Waals surface area contributed by atoms with Crippen LogP contribution in [0.5, 0.6) is 0 Å². The molecule has 2 amide bonds. The fourth-order valence-corrected chi connectivity index (χ4v) is 1.74. The smallest absolute Gasteiger partial charge is 0.243 e. The van der Waals surface area contributed by atoms with Crippen LogP contribution < -0.4 is 10.6 Å². The first-order chi connectivity index (χ1) is 7.04. The Balaban J connectivity index is 2.37. The van der Waals surface area contributed by atoms with Gasteiger partial charge in [0.05, 0.1) is 0 Å². The number of rotatable bonds is 5. The van der Waals surface area contributed by atoms with Crippen molar-refractivity contribution in [1.29, 1.82) is 0 Å². The molecule has 0 aromatic rings. The van der Waals surface area contributed by atoms with Gasteiger partial charge in [0.25, 0.3) is 0 Å². The molecule has 1 fully saturated rings. The molecule has 0 bridgehead atoms. The second-order valence-corrected chi connectivity index (χ2v) is 4.44. The molecule has 15 heavy (non-hydrogen) atoms. The fraction of sp³-hybridized carbons (Fsp3) is 0.800. The van der Waals surface area contributed by atoms with Gasteiger partial charge in [0.15, 0.2) is 0 Å². The monoisotopic (exact) mass is 230 g/mol. The average Bonchev–Trinajstić information content (AvgIpc) is 2.96. The first-order valence-corrected chi connectivity index (χ1v) is 5.86. The third-order valence-electron chi connectivity index (χ3n) is 2.58. The van der Waals surface area contributed by atoms with Crippen LogP contribution in [0.2, 0.25) is 0 Å². The van der Waals surface area contributed by atoms with Crippen molar-refractivity contribution in [3.05, 3.63) is 0 Å². The zero-order valence-electron chi connectivity index (χ0n) is 9.12. The van der Waals surface area contributed by atoms with Crippen molar-refractivity contribution in [3.8, 4) is 0 Å². The molecule has 5 heteroatoms. The lowest BCUT2D eigenvalue weighted by Gasteiger charge is -2.19. The SMILES string of the molecule is CC(=O)NC(CS)C(=O)NC(C)C1CC1. The maximum atomic E-state index is 11.7. The number of carbonyl (C=O) groups excluding carboxylic acids is 2. The molecule has 1 saturated carbocycles. The van der Waals surface area contributed by atoms with E-state index in [1.807, 2.05) is 6.92 Å². The second-order valence-electron chi connectivity index (χ2n) is 4.07. The molecule has 2 atom stereocenters. The molecule has 1 aliphatic rings. The first kappa shape index (κ1) is 12.4. The summed E-state index contributed by atoms with van der Waals surface area (Å²) in [4.78, 5) is 22.5. The highest BCUT2D eigenvalue weighted by Crippen LogP contribution is 2.32. The van der Waals surface area contributed by atoms with Crippen molar-refractivity contribution >= 4 is 24.4 Å². The lowest BCUT2D eigenvalue weighted by molar-refractivity contribution is -0.128. The van der Waals surface area contributed by atoms with Crippen LogP contribution in [0, 0.1) is 5.92 Å². The van der Waals surface area contributed by atoms with Gasteiger partial charge in [-0.1, -0.05) is 0 Å². The topological polar surface area (TPSA) is 58.2 Å².